The second-order valence-electron chi connectivity index (χ2n) is 6.79. The number of thiazole rings is 1. The van der Waals surface area contributed by atoms with Crippen molar-refractivity contribution >= 4 is 32.6 Å². The van der Waals surface area contributed by atoms with Gasteiger partial charge in [0.2, 0.25) is 6.79 Å². The van der Waals surface area contributed by atoms with Crippen LogP contribution in [0.4, 0.5) is 9.52 Å². The standard InChI is InChI=1S/C20H20FN3O3S/c1-23(2)8-3-9-24(19(25)13-4-6-14(21)7-5-13)20-22-15-10-16-17(27-12-26-16)11-18(15)28-20/h4-7,10-11H,3,8-9,12H2,1-2H3. The lowest BCUT2D eigenvalue weighted by atomic mass is 10.2. The zero-order valence-corrected chi connectivity index (χ0v) is 16.5. The van der Waals surface area contributed by atoms with Crippen LogP contribution in [0.25, 0.3) is 10.2 Å². The molecule has 2 heterocycles. The summed E-state index contributed by atoms with van der Waals surface area (Å²) in [6, 6.07) is 9.31. The van der Waals surface area contributed by atoms with Crippen LogP contribution < -0.4 is 14.4 Å². The minimum Gasteiger partial charge on any atom is -0.454 e. The SMILES string of the molecule is CN(C)CCCN(C(=O)c1ccc(F)cc1)c1nc2cc3c(cc2s1)OCO3. The van der Waals surface area contributed by atoms with Crippen LogP contribution in [0.1, 0.15) is 16.8 Å². The van der Waals surface area contributed by atoms with Gasteiger partial charge in [0.15, 0.2) is 16.6 Å². The Morgan fingerprint density at radius 2 is 1.86 bits per heavy atom. The van der Waals surface area contributed by atoms with Crippen LogP contribution in [-0.2, 0) is 0 Å². The largest absolute Gasteiger partial charge is 0.454 e. The maximum Gasteiger partial charge on any atom is 0.260 e. The average Bonchev–Trinajstić information content (AvgIpc) is 3.28. The minimum absolute atomic E-state index is 0.196. The monoisotopic (exact) mass is 401 g/mol. The first kappa shape index (κ1) is 18.6. The highest BCUT2D eigenvalue weighted by Gasteiger charge is 2.23. The van der Waals surface area contributed by atoms with Gasteiger partial charge in [0.1, 0.15) is 5.82 Å². The summed E-state index contributed by atoms with van der Waals surface area (Å²) in [6.45, 7) is 1.56. The van der Waals surface area contributed by atoms with Gasteiger partial charge in [-0.2, -0.15) is 0 Å². The number of nitrogens with zero attached hydrogens (tertiary/aromatic N) is 3. The van der Waals surface area contributed by atoms with E-state index in [9.17, 15) is 9.18 Å². The number of aromatic nitrogens is 1. The number of carbonyl (C=O) groups excluding carboxylic acids is 1. The molecular formula is C20H20FN3O3S. The quantitative estimate of drug-likeness (QED) is 0.630. The van der Waals surface area contributed by atoms with Crippen molar-refractivity contribution in [3.05, 3.63) is 47.8 Å². The van der Waals surface area contributed by atoms with Crippen molar-refractivity contribution in [3.63, 3.8) is 0 Å². The fraction of sp³-hybridized carbons (Fsp3) is 0.300. The molecule has 0 saturated carbocycles. The van der Waals surface area contributed by atoms with Crippen molar-refractivity contribution in [2.45, 2.75) is 6.42 Å². The number of halogens is 1. The molecule has 0 aliphatic carbocycles. The molecule has 1 aliphatic rings. The molecule has 0 unspecified atom stereocenters. The number of anilines is 1. The second-order valence-corrected chi connectivity index (χ2v) is 7.80. The van der Waals surface area contributed by atoms with Gasteiger partial charge in [-0.25, -0.2) is 9.37 Å². The number of rotatable bonds is 6. The van der Waals surface area contributed by atoms with E-state index in [1.165, 1.54) is 35.6 Å². The molecule has 8 heteroatoms. The van der Waals surface area contributed by atoms with Crippen LogP contribution in [0.3, 0.4) is 0 Å². The molecule has 0 radical (unpaired) electrons. The zero-order valence-electron chi connectivity index (χ0n) is 15.6. The third-order valence-electron chi connectivity index (χ3n) is 4.43. The summed E-state index contributed by atoms with van der Waals surface area (Å²) in [5.74, 6) is 0.781. The molecule has 146 valence electrons. The number of fused-ring (bicyclic) bond motifs is 2. The zero-order chi connectivity index (χ0) is 19.7. The Labute approximate surface area is 166 Å². The minimum atomic E-state index is -0.370. The van der Waals surface area contributed by atoms with Gasteiger partial charge in [0, 0.05) is 24.2 Å². The summed E-state index contributed by atoms with van der Waals surface area (Å²) >= 11 is 1.43. The van der Waals surface area contributed by atoms with Gasteiger partial charge in [-0.15, -0.1) is 0 Å². The Kier molecular flexibility index (Phi) is 5.15. The number of hydrogen-bond acceptors (Lipinski definition) is 6. The fourth-order valence-corrected chi connectivity index (χ4v) is 4.00. The maximum absolute atomic E-state index is 13.3. The molecule has 0 atom stereocenters. The van der Waals surface area contributed by atoms with E-state index >= 15 is 0 Å². The Balaban J connectivity index is 1.66. The van der Waals surface area contributed by atoms with E-state index in [1.54, 1.807) is 4.90 Å². The molecule has 0 saturated heterocycles. The van der Waals surface area contributed by atoms with Crippen molar-refractivity contribution < 1.29 is 18.7 Å². The highest BCUT2D eigenvalue weighted by molar-refractivity contribution is 7.22. The molecule has 3 aromatic rings. The van der Waals surface area contributed by atoms with E-state index in [1.807, 2.05) is 26.2 Å². The topological polar surface area (TPSA) is 54.9 Å². The van der Waals surface area contributed by atoms with Crippen LogP contribution in [-0.4, -0.2) is 49.8 Å². The summed E-state index contributed by atoms with van der Waals surface area (Å²) in [6.07, 6.45) is 0.790. The third kappa shape index (κ3) is 3.79. The number of hydrogen-bond donors (Lipinski definition) is 0. The molecule has 0 N–H and O–H groups in total. The predicted molar refractivity (Wildman–Crippen MR) is 107 cm³/mol. The van der Waals surface area contributed by atoms with Crippen LogP contribution in [0.15, 0.2) is 36.4 Å². The molecule has 0 bridgehead atoms. The molecule has 6 nitrogen and oxygen atoms in total. The van der Waals surface area contributed by atoms with Gasteiger partial charge in [-0.3, -0.25) is 9.69 Å². The van der Waals surface area contributed by atoms with Crippen LogP contribution in [0, 0.1) is 5.82 Å². The van der Waals surface area contributed by atoms with Gasteiger partial charge in [-0.05, 0) is 51.3 Å². The first-order valence-electron chi connectivity index (χ1n) is 8.93. The van der Waals surface area contributed by atoms with E-state index in [-0.39, 0.29) is 18.5 Å². The molecule has 0 fully saturated rings. The van der Waals surface area contributed by atoms with Crippen molar-refractivity contribution in [2.75, 3.05) is 38.9 Å². The molecule has 28 heavy (non-hydrogen) atoms. The van der Waals surface area contributed by atoms with E-state index in [0.717, 1.165) is 23.2 Å². The lowest BCUT2D eigenvalue weighted by molar-refractivity contribution is 0.0986. The third-order valence-corrected chi connectivity index (χ3v) is 5.47. The van der Waals surface area contributed by atoms with Crippen molar-refractivity contribution in [3.8, 4) is 11.5 Å². The summed E-state index contributed by atoms with van der Waals surface area (Å²) < 4.78 is 25.0. The highest BCUT2D eigenvalue weighted by Crippen LogP contribution is 2.40. The number of carbonyl (C=O) groups is 1. The number of amides is 1. The molecule has 1 aliphatic heterocycles. The van der Waals surface area contributed by atoms with Crippen LogP contribution in [0.2, 0.25) is 0 Å². The van der Waals surface area contributed by atoms with Gasteiger partial charge in [0.25, 0.3) is 5.91 Å². The van der Waals surface area contributed by atoms with Crippen LogP contribution >= 0.6 is 11.3 Å². The Morgan fingerprint density at radius 1 is 1.14 bits per heavy atom. The maximum atomic E-state index is 13.3. The molecule has 2 aromatic carbocycles. The second kappa shape index (κ2) is 7.73. The molecule has 1 amide bonds. The van der Waals surface area contributed by atoms with Crippen molar-refractivity contribution in [1.29, 1.82) is 0 Å². The molecule has 1 aromatic heterocycles. The lowest BCUT2D eigenvalue weighted by Gasteiger charge is -2.21. The van der Waals surface area contributed by atoms with E-state index in [0.29, 0.717) is 28.7 Å². The Hall–Kier alpha value is -2.71. The van der Waals surface area contributed by atoms with Crippen LogP contribution in [0.5, 0.6) is 11.5 Å². The van der Waals surface area contributed by atoms with Gasteiger partial charge < -0.3 is 14.4 Å². The van der Waals surface area contributed by atoms with Gasteiger partial charge in [0.05, 0.1) is 10.2 Å². The first-order chi connectivity index (χ1) is 13.5. The number of ether oxygens (including phenoxy) is 2. The Bertz CT molecular complexity index is 963. The lowest BCUT2D eigenvalue weighted by Crippen LogP contribution is -2.33. The smallest absolute Gasteiger partial charge is 0.260 e. The molecule has 4 rings (SSSR count). The predicted octanol–water partition coefficient (Wildman–Crippen LogP) is 3.76. The normalized spacial score (nSPS) is 12.7. The summed E-state index contributed by atoms with van der Waals surface area (Å²) in [4.78, 5) is 21.5. The van der Waals surface area contributed by atoms with E-state index in [4.69, 9.17) is 9.47 Å². The highest BCUT2D eigenvalue weighted by atomic mass is 32.1. The van der Waals surface area contributed by atoms with E-state index < -0.39 is 0 Å². The fourth-order valence-electron chi connectivity index (χ4n) is 3.00. The van der Waals surface area contributed by atoms with Gasteiger partial charge >= 0.3 is 0 Å². The molecular weight excluding hydrogens is 381 g/mol. The van der Waals surface area contributed by atoms with Crippen molar-refractivity contribution in [1.82, 2.24) is 9.88 Å². The molecule has 0 spiro atoms. The van der Waals surface area contributed by atoms with Gasteiger partial charge in [-0.1, -0.05) is 11.3 Å². The summed E-state index contributed by atoms with van der Waals surface area (Å²) in [5.41, 5.74) is 1.19. The van der Waals surface area contributed by atoms with E-state index in [2.05, 4.69) is 9.88 Å². The summed E-state index contributed by atoms with van der Waals surface area (Å²) in [5, 5.41) is 0.603. The number of benzene rings is 2. The van der Waals surface area contributed by atoms with Crippen molar-refractivity contribution in [2.24, 2.45) is 0 Å². The average molecular weight is 401 g/mol. The Morgan fingerprint density at radius 3 is 2.57 bits per heavy atom. The first-order valence-corrected chi connectivity index (χ1v) is 9.75. The summed E-state index contributed by atoms with van der Waals surface area (Å²) in [7, 11) is 3.98.